The minimum atomic E-state index is -0.130. The summed E-state index contributed by atoms with van der Waals surface area (Å²) in [7, 11) is 2.15. The fraction of sp³-hybridized carbons (Fsp3) is 0.733. The molecule has 0 saturated carbocycles. The van der Waals surface area contributed by atoms with Crippen LogP contribution in [0.3, 0.4) is 0 Å². The van der Waals surface area contributed by atoms with Gasteiger partial charge in [0.2, 0.25) is 5.88 Å². The lowest BCUT2D eigenvalue weighted by Gasteiger charge is -2.32. The van der Waals surface area contributed by atoms with Gasteiger partial charge in [-0.25, -0.2) is 4.98 Å². The summed E-state index contributed by atoms with van der Waals surface area (Å²) in [5, 5.41) is 0. The maximum absolute atomic E-state index is 5.86. The molecule has 20 heavy (non-hydrogen) atoms. The molecular formula is C15H26N4O. The van der Waals surface area contributed by atoms with E-state index in [9.17, 15) is 0 Å². The first-order chi connectivity index (χ1) is 9.36. The van der Waals surface area contributed by atoms with Gasteiger partial charge >= 0.3 is 0 Å². The molecule has 1 aliphatic rings. The second kappa shape index (κ2) is 5.95. The molecule has 0 amide bonds. The van der Waals surface area contributed by atoms with Gasteiger partial charge in [-0.3, -0.25) is 0 Å². The molecule has 5 nitrogen and oxygen atoms in total. The predicted molar refractivity (Wildman–Crippen MR) is 80.9 cm³/mol. The van der Waals surface area contributed by atoms with Crippen LogP contribution in [0.4, 0.5) is 5.82 Å². The van der Waals surface area contributed by atoms with Gasteiger partial charge in [-0.05, 0) is 26.4 Å². The Hall–Kier alpha value is -1.36. The van der Waals surface area contributed by atoms with Crippen LogP contribution in [0.5, 0.6) is 5.88 Å². The monoisotopic (exact) mass is 278 g/mol. The minimum absolute atomic E-state index is 0.130. The fourth-order valence-electron chi connectivity index (χ4n) is 2.39. The summed E-state index contributed by atoms with van der Waals surface area (Å²) in [4.78, 5) is 11.1. The van der Waals surface area contributed by atoms with E-state index in [0.717, 1.165) is 12.4 Å². The van der Waals surface area contributed by atoms with Gasteiger partial charge < -0.3 is 15.4 Å². The van der Waals surface area contributed by atoms with E-state index < -0.39 is 0 Å². The van der Waals surface area contributed by atoms with E-state index in [0.29, 0.717) is 24.3 Å². The number of anilines is 1. The first kappa shape index (κ1) is 15.0. The van der Waals surface area contributed by atoms with Crippen molar-refractivity contribution in [2.24, 2.45) is 0 Å². The van der Waals surface area contributed by atoms with E-state index in [1.54, 1.807) is 6.07 Å². The van der Waals surface area contributed by atoms with Crippen LogP contribution in [0.1, 0.15) is 45.9 Å². The molecule has 2 rings (SSSR count). The lowest BCUT2D eigenvalue weighted by molar-refractivity contribution is 0.122. The van der Waals surface area contributed by atoms with Crippen LogP contribution >= 0.6 is 0 Å². The molecule has 0 radical (unpaired) electrons. The zero-order chi connectivity index (χ0) is 14.8. The van der Waals surface area contributed by atoms with Crippen LogP contribution in [0.15, 0.2) is 6.07 Å². The average Bonchev–Trinajstić information content (AvgIpc) is 2.36. The number of nitrogens with two attached hydrogens (primary N) is 1. The molecule has 112 valence electrons. The van der Waals surface area contributed by atoms with Crippen molar-refractivity contribution in [2.45, 2.75) is 51.5 Å². The number of ether oxygens (including phenoxy) is 1. The van der Waals surface area contributed by atoms with Gasteiger partial charge in [0.15, 0.2) is 0 Å². The molecule has 1 aliphatic heterocycles. The second-order valence-corrected chi connectivity index (χ2v) is 6.65. The first-order valence-electron chi connectivity index (χ1n) is 7.34. The van der Waals surface area contributed by atoms with Crippen molar-refractivity contribution in [1.29, 1.82) is 0 Å². The maximum atomic E-state index is 5.86. The van der Waals surface area contributed by atoms with Crippen molar-refractivity contribution in [2.75, 3.05) is 25.9 Å². The van der Waals surface area contributed by atoms with Crippen LogP contribution in [-0.2, 0) is 5.41 Å². The summed E-state index contributed by atoms with van der Waals surface area (Å²) in [6, 6.07) is 2.18. The van der Waals surface area contributed by atoms with Crippen LogP contribution in [0, 0.1) is 0 Å². The highest BCUT2D eigenvalue weighted by Gasteiger charge is 2.21. The molecule has 1 fully saturated rings. The predicted octanol–water partition coefficient (Wildman–Crippen LogP) is 2.22. The number of piperidine rings is 1. The van der Waals surface area contributed by atoms with Gasteiger partial charge in [-0.2, -0.15) is 4.98 Å². The summed E-state index contributed by atoms with van der Waals surface area (Å²) < 4.78 is 5.86. The van der Waals surface area contributed by atoms with E-state index in [1.807, 2.05) is 0 Å². The molecule has 0 bridgehead atoms. The number of likely N-dealkylation sites (N-methyl/N-ethyl adjacent to an activating group) is 1. The smallest absolute Gasteiger partial charge is 0.218 e. The summed E-state index contributed by atoms with van der Waals surface area (Å²) in [5.74, 6) is 1.78. The molecule has 0 aliphatic carbocycles. The quantitative estimate of drug-likeness (QED) is 0.918. The van der Waals surface area contributed by atoms with Crippen molar-refractivity contribution in [1.82, 2.24) is 14.9 Å². The van der Waals surface area contributed by atoms with Crippen LogP contribution < -0.4 is 10.5 Å². The van der Waals surface area contributed by atoms with E-state index in [2.05, 4.69) is 42.7 Å². The molecule has 1 aromatic heterocycles. The van der Waals surface area contributed by atoms with Gasteiger partial charge in [0.25, 0.3) is 0 Å². The van der Waals surface area contributed by atoms with Gasteiger partial charge in [0.05, 0.1) is 0 Å². The zero-order valence-corrected chi connectivity index (χ0v) is 13.0. The number of aromatic nitrogens is 2. The number of nitrogens with zero attached hydrogens (tertiary/aromatic N) is 3. The number of likely N-dealkylation sites (tertiary alicyclic amines) is 1. The van der Waals surface area contributed by atoms with E-state index in [-0.39, 0.29) is 5.41 Å². The summed E-state index contributed by atoms with van der Waals surface area (Å²) in [5.41, 5.74) is 5.72. The summed E-state index contributed by atoms with van der Waals surface area (Å²) >= 11 is 0. The van der Waals surface area contributed by atoms with Crippen molar-refractivity contribution in [3.8, 4) is 5.88 Å². The Labute approximate surface area is 121 Å². The van der Waals surface area contributed by atoms with Crippen LogP contribution in [0.25, 0.3) is 0 Å². The number of hydrogen-bond donors (Lipinski definition) is 1. The standard InChI is InChI=1S/C15H26N4O/c1-15(2,3)14-17-12(16)9-13(18-14)20-10-11-7-5-6-8-19(11)4/h9,11H,5-8,10H2,1-4H3,(H2,16,17,18). The topological polar surface area (TPSA) is 64.3 Å². The van der Waals surface area contributed by atoms with Crippen LogP contribution in [-0.4, -0.2) is 41.1 Å². The van der Waals surface area contributed by atoms with E-state index in [4.69, 9.17) is 10.5 Å². The molecule has 0 aromatic carbocycles. The number of hydrogen-bond acceptors (Lipinski definition) is 5. The highest BCUT2D eigenvalue weighted by molar-refractivity contribution is 5.34. The highest BCUT2D eigenvalue weighted by atomic mass is 16.5. The Morgan fingerprint density at radius 2 is 2.10 bits per heavy atom. The van der Waals surface area contributed by atoms with Crippen molar-refractivity contribution < 1.29 is 4.74 Å². The first-order valence-corrected chi connectivity index (χ1v) is 7.34. The maximum Gasteiger partial charge on any atom is 0.218 e. The molecular weight excluding hydrogens is 252 g/mol. The lowest BCUT2D eigenvalue weighted by atomic mass is 9.96. The van der Waals surface area contributed by atoms with Crippen molar-refractivity contribution in [3.63, 3.8) is 0 Å². The minimum Gasteiger partial charge on any atom is -0.476 e. The van der Waals surface area contributed by atoms with Gasteiger partial charge in [-0.1, -0.05) is 27.2 Å². The Kier molecular flexibility index (Phi) is 4.48. The summed E-state index contributed by atoms with van der Waals surface area (Å²) in [6.07, 6.45) is 3.74. The molecule has 1 saturated heterocycles. The molecule has 1 unspecified atom stereocenters. The Morgan fingerprint density at radius 1 is 1.35 bits per heavy atom. The molecule has 1 aromatic rings. The fourth-order valence-corrected chi connectivity index (χ4v) is 2.39. The molecule has 1 atom stereocenters. The van der Waals surface area contributed by atoms with Crippen molar-refractivity contribution >= 4 is 5.82 Å². The largest absolute Gasteiger partial charge is 0.476 e. The Morgan fingerprint density at radius 3 is 2.75 bits per heavy atom. The lowest BCUT2D eigenvalue weighted by Crippen LogP contribution is -2.40. The normalized spacial score (nSPS) is 20.9. The Bertz CT molecular complexity index is 456. The van der Waals surface area contributed by atoms with Gasteiger partial charge in [0.1, 0.15) is 18.2 Å². The summed E-state index contributed by atoms with van der Waals surface area (Å²) in [6.45, 7) is 8.02. The Balaban J connectivity index is 2.04. The van der Waals surface area contributed by atoms with E-state index >= 15 is 0 Å². The molecule has 0 spiro atoms. The average molecular weight is 278 g/mol. The molecule has 2 heterocycles. The highest BCUT2D eigenvalue weighted by Crippen LogP contribution is 2.23. The van der Waals surface area contributed by atoms with Crippen LogP contribution in [0.2, 0.25) is 0 Å². The third-order valence-electron chi connectivity index (χ3n) is 3.74. The number of rotatable bonds is 3. The van der Waals surface area contributed by atoms with E-state index in [1.165, 1.54) is 19.3 Å². The van der Waals surface area contributed by atoms with Gasteiger partial charge in [-0.15, -0.1) is 0 Å². The SMILES string of the molecule is CN1CCCCC1COc1cc(N)nc(C(C)(C)C)n1. The number of nitrogen functional groups attached to an aromatic ring is 1. The molecule has 5 heteroatoms. The third kappa shape index (κ3) is 3.82. The second-order valence-electron chi connectivity index (χ2n) is 6.65. The third-order valence-corrected chi connectivity index (χ3v) is 3.74. The zero-order valence-electron chi connectivity index (χ0n) is 13.0. The van der Waals surface area contributed by atoms with Gasteiger partial charge in [0, 0.05) is 17.5 Å². The molecule has 2 N–H and O–H groups in total. The van der Waals surface area contributed by atoms with Crippen molar-refractivity contribution in [3.05, 3.63) is 11.9 Å².